The predicted octanol–water partition coefficient (Wildman–Crippen LogP) is 0.262. The fraction of sp³-hybridized carbons (Fsp3) is 0.929. The summed E-state index contributed by atoms with van der Waals surface area (Å²) in [7, 11) is 1.74. The minimum absolute atomic E-state index is 0.318. The first-order valence-electron chi connectivity index (χ1n) is 7.60. The Balaban J connectivity index is 1.72. The molecule has 0 bridgehead atoms. The lowest BCUT2D eigenvalue weighted by molar-refractivity contribution is -0.131. The molecule has 1 N–H and O–H groups in total. The lowest BCUT2D eigenvalue weighted by atomic mass is 10.2. The highest BCUT2D eigenvalue weighted by molar-refractivity contribution is 7.99. The molecular formula is C14H27N3O2S. The Bertz CT molecular complexity index is 298. The number of carbonyl (C=O) groups excluding carboxylic acids is 1. The van der Waals surface area contributed by atoms with Gasteiger partial charge in [-0.25, -0.2) is 0 Å². The van der Waals surface area contributed by atoms with E-state index in [1.165, 1.54) is 5.75 Å². The molecule has 2 aliphatic rings. The minimum Gasteiger partial charge on any atom is -0.383 e. The van der Waals surface area contributed by atoms with E-state index in [9.17, 15) is 4.79 Å². The average Bonchev–Trinajstić information content (AvgIpc) is 2.72. The van der Waals surface area contributed by atoms with E-state index >= 15 is 0 Å². The summed E-state index contributed by atoms with van der Waals surface area (Å²) < 4.78 is 5.13. The van der Waals surface area contributed by atoms with Crippen molar-refractivity contribution in [3.8, 4) is 0 Å². The molecule has 1 amide bonds. The number of carbonyl (C=O) groups is 1. The quantitative estimate of drug-likeness (QED) is 0.789. The monoisotopic (exact) mass is 301 g/mol. The van der Waals surface area contributed by atoms with E-state index in [-0.39, 0.29) is 0 Å². The van der Waals surface area contributed by atoms with Crippen LogP contribution in [0.1, 0.15) is 12.8 Å². The smallest absolute Gasteiger partial charge is 0.224 e. The zero-order chi connectivity index (χ0) is 14.2. The van der Waals surface area contributed by atoms with Crippen LogP contribution in [0, 0.1) is 0 Å². The van der Waals surface area contributed by atoms with Crippen molar-refractivity contribution in [2.45, 2.75) is 18.9 Å². The number of amides is 1. The molecule has 1 atom stereocenters. The van der Waals surface area contributed by atoms with E-state index in [0.717, 1.165) is 58.0 Å². The Morgan fingerprint density at radius 1 is 1.35 bits per heavy atom. The summed E-state index contributed by atoms with van der Waals surface area (Å²) in [4.78, 5) is 16.8. The molecule has 2 rings (SSSR count). The van der Waals surface area contributed by atoms with Gasteiger partial charge < -0.3 is 15.0 Å². The molecule has 0 radical (unpaired) electrons. The Morgan fingerprint density at radius 3 is 3.00 bits per heavy atom. The van der Waals surface area contributed by atoms with Gasteiger partial charge in [0.1, 0.15) is 0 Å². The third kappa shape index (κ3) is 5.24. The molecule has 0 saturated carbocycles. The van der Waals surface area contributed by atoms with Gasteiger partial charge in [-0.15, -0.1) is 0 Å². The number of hydrogen-bond acceptors (Lipinski definition) is 5. The molecule has 20 heavy (non-hydrogen) atoms. The fourth-order valence-electron chi connectivity index (χ4n) is 2.76. The first-order chi connectivity index (χ1) is 9.79. The zero-order valence-electron chi connectivity index (χ0n) is 12.5. The van der Waals surface area contributed by atoms with Gasteiger partial charge in [-0.1, -0.05) is 0 Å². The molecule has 0 aromatic heterocycles. The van der Waals surface area contributed by atoms with Crippen LogP contribution in [0.2, 0.25) is 0 Å². The molecule has 2 fully saturated rings. The molecule has 2 aliphatic heterocycles. The van der Waals surface area contributed by atoms with Crippen molar-refractivity contribution in [3.05, 3.63) is 0 Å². The maximum absolute atomic E-state index is 12.4. The Labute approximate surface area is 126 Å². The van der Waals surface area contributed by atoms with Crippen molar-refractivity contribution in [1.82, 2.24) is 15.1 Å². The molecule has 0 aromatic carbocycles. The van der Waals surface area contributed by atoms with Crippen molar-refractivity contribution >= 4 is 17.7 Å². The summed E-state index contributed by atoms with van der Waals surface area (Å²) in [6, 6.07) is 0.370. The van der Waals surface area contributed by atoms with Crippen LogP contribution in [-0.4, -0.2) is 86.2 Å². The molecule has 2 saturated heterocycles. The topological polar surface area (TPSA) is 44.8 Å². The molecule has 0 aromatic rings. The second-order valence-corrected chi connectivity index (χ2v) is 6.65. The Morgan fingerprint density at radius 2 is 2.25 bits per heavy atom. The molecule has 0 spiro atoms. The number of hydrogen-bond donors (Lipinski definition) is 1. The van der Waals surface area contributed by atoms with E-state index < -0.39 is 0 Å². The number of nitrogens with zero attached hydrogens (tertiary/aromatic N) is 2. The van der Waals surface area contributed by atoms with Crippen LogP contribution in [0.4, 0.5) is 0 Å². The van der Waals surface area contributed by atoms with Crippen LogP contribution in [-0.2, 0) is 9.53 Å². The maximum atomic E-state index is 12.4. The highest BCUT2D eigenvalue weighted by Crippen LogP contribution is 2.12. The lowest BCUT2D eigenvalue weighted by Gasteiger charge is -2.27. The van der Waals surface area contributed by atoms with Gasteiger partial charge in [0, 0.05) is 63.8 Å². The van der Waals surface area contributed by atoms with E-state index in [0.29, 0.717) is 18.4 Å². The van der Waals surface area contributed by atoms with Gasteiger partial charge in [0.05, 0.1) is 6.61 Å². The second kappa shape index (κ2) is 8.87. The van der Waals surface area contributed by atoms with Crippen molar-refractivity contribution < 1.29 is 9.53 Å². The summed E-state index contributed by atoms with van der Waals surface area (Å²) >= 11 is 1.95. The van der Waals surface area contributed by atoms with Crippen LogP contribution in [0.15, 0.2) is 0 Å². The van der Waals surface area contributed by atoms with Gasteiger partial charge in [0.2, 0.25) is 5.91 Å². The van der Waals surface area contributed by atoms with Gasteiger partial charge in [-0.2, -0.15) is 11.8 Å². The van der Waals surface area contributed by atoms with E-state index in [4.69, 9.17) is 4.74 Å². The van der Waals surface area contributed by atoms with Crippen molar-refractivity contribution in [2.24, 2.45) is 0 Å². The summed E-state index contributed by atoms with van der Waals surface area (Å²) in [5, 5.41) is 3.45. The fourth-order valence-corrected chi connectivity index (χ4v) is 3.70. The highest BCUT2D eigenvalue weighted by atomic mass is 32.2. The number of methoxy groups -OCH3 is 1. The first kappa shape index (κ1) is 16.1. The number of ether oxygens (including phenoxy) is 1. The number of nitrogens with one attached hydrogen (secondary N) is 1. The van der Waals surface area contributed by atoms with Gasteiger partial charge >= 0.3 is 0 Å². The van der Waals surface area contributed by atoms with E-state index in [1.807, 2.05) is 16.7 Å². The number of rotatable bonds is 5. The SMILES string of the molecule is COCCN1CCCN(C(=O)CC2CSCCN2)CC1. The first-order valence-corrected chi connectivity index (χ1v) is 8.75. The third-order valence-corrected chi connectivity index (χ3v) is 5.10. The van der Waals surface area contributed by atoms with Crippen molar-refractivity contribution in [2.75, 3.05) is 64.5 Å². The Hall–Kier alpha value is -0.300. The summed E-state index contributed by atoms with van der Waals surface area (Å²) in [6.45, 7) is 6.60. The Kier molecular flexibility index (Phi) is 7.13. The van der Waals surface area contributed by atoms with Crippen LogP contribution >= 0.6 is 11.8 Å². The molecule has 5 nitrogen and oxygen atoms in total. The molecular weight excluding hydrogens is 274 g/mol. The van der Waals surface area contributed by atoms with Crippen LogP contribution in [0.5, 0.6) is 0 Å². The molecule has 1 unspecified atom stereocenters. The molecule has 116 valence electrons. The van der Waals surface area contributed by atoms with Crippen molar-refractivity contribution in [1.29, 1.82) is 0 Å². The second-order valence-electron chi connectivity index (χ2n) is 5.50. The van der Waals surface area contributed by atoms with E-state index in [1.54, 1.807) is 7.11 Å². The number of thioether (sulfide) groups is 1. The van der Waals surface area contributed by atoms with Gasteiger partial charge in [0.25, 0.3) is 0 Å². The summed E-state index contributed by atoms with van der Waals surface area (Å²) in [6.07, 6.45) is 1.73. The molecule has 6 heteroatoms. The van der Waals surface area contributed by atoms with Gasteiger partial charge in [-0.3, -0.25) is 9.69 Å². The van der Waals surface area contributed by atoms with Crippen LogP contribution in [0.25, 0.3) is 0 Å². The molecule has 2 heterocycles. The van der Waals surface area contributed by atoms with Crippen LogP contribution in [0.3, 0.4) is 0 Å². The normalized spacial score (nSPS) is 25.4. The lowest BCUT2D eigenvalue weighted by Crippen LogP contribution is -2.43. The van der Waals surface area contributed by atoms with Gasteiger partial charge in [-0.05, 0) is 13.0 Å². The maximum Gasteiger partial charge on any atom is 0.224 e. The zero-order valence-corrected chi connectivity index (χ0v) is 13.3. The van der Waals surface area contributed by atoms with Crippen LogP contribution < -0.4 is 5.32 Å². The highest BCUT2D eigenvalue weighted by Gasteiger charge is 2.23. The third-order valence-electron chi connectivity index (χ3n) is 3.97. The molecule has 0 aliphatic carbocycles. The predicted molar refractivity (Wildman–Crippen MR) is 83.2 cm³/mol. The summed E-state index contributed by atoms with van der Waals surface area (Å²) in [5.74, 6) is 2.56. The van der Waals surface area contributed by atoms with E-state index in [2.05, 4.69) is 10.2 Å². The van der Waals surface area contributed by atoms with Crippen molar-refractivity contribution in [3.63, 3.8) is 0 Å². The average molecular weight is 301 g/mol. The van der Waals surface area contributed by atoms with Gasteiger partial charge in [0.15, 0.2) is 0 Å². The summed E-state index contributed by atoms with van der Waals surface area (Å²) in [5.41, 5.74) is 0. The minimum atomic E-state index is 0.318. The standard InChI is InChI=1S/C14H27N3O2S/c1-19-9-8-16-4-2-5-17(7-6-16)14(18)11-13-12-20-10-3-15-13/h13,15H,2-12H2,1H3. The largest absolute Gasteiger partial charge is 0.383 e.